The van der Waals surface area contributed by atoms with E-state index in [0.29, 0.717) is 0 Å². The number of hydrogen-bond donors (Lipinski definition) is 1. The predicted molar refractivity (Wildman–Crippen MR) is 54.8 cm³/mol. The van der Waals surface area contributed by atoms with Gasteiger partial charge >= 0.3 is 6.18 Å². The van der Waals surface area contributed by atoms with Crippen molar-refractivity contribution in [2.24, 2.45) is 0 Å². The summed E-state index contributed by atoms with van der Waals surface area (Å²) >= 11 is 1.51. The summed E-state index contributed by atoms with van der Waals surface area (Å²) in [5.41, 5.74) is -0.772. The van der Waals surface area contributed by atoms with Gasteiger partial charge in [0.05, 0.1) is 23.8 Å². The van der Waals surface area contributed by atoms with Crippen LogP contribution in [0.15, 0.2) is 12.1 Å². The van der Waals surface area contributed by atoms with Gasteiger partial charge in [-0.15, -0.1) is 0 Å². The van der Waals surface area contributed by atoms with Gasteiger partial charge in [-0.2, -0.15) is 18.4 Å². The van der Waals surface area contributed by atoms with Crippen LogP contribution in [0.25, 0.3) is 0 Å². The van der Waals surface area contributed by atoms with Crippen LogP contribution >= 0.6 is 22.6 Å². The van der Waals surface area contributed by atoms with Crippen molar-refractivity contribution in [3.63, 3.8) is 0 Å². The molecule has 0 spiro atoms. The lowest BCUT2D eigenvalue weighted by Gasteiger charge is -2.11. The number of benzene rings is 1. The van der Waals surface area contributed by atoms with E-state index in [1.165, 1.54) is 22.6 Å². The number of nitrogens with zero attached hydrogens (tertiary/aromatic N) is 1. The van der Waals surface area contributed by atoms with E-state index in [4.69, 9.17) is 10.4 Å². The van der Waals surface area contributed by atoms with Crippen LogP contribution in [0.4, 0.5) is 13.2 Å². The quantitative estimate of drug-likeness (QED) is 0.806. The summed E-state index contributed by atoms with van der Waals surface area (Å²) in [5.74, 6) is 0. The molecule has 6 heteroatoms. The van der Waals surface area contributed by atoms with Gasteiger partial charge in [-0.05, 0) is 40.3 Å². The summed E-state index contributed by atoms with van der Waals surface area (Å²) in [4.78, 5) is 0. The Kier molecular flexibility index (Phi) is 3.57. The van der Waals surface area contributed by atoms with E-state index in [0.717, 1.165) is 12.1 Å². The molecule has 0 heterocycles. The normalized spacial score (nSPS) is 11.2. The molecule has 0 radical (unpaired) electrons. The summed E-state index contributed by atoms with van der Waals surface area (Å²) in [6, 6.07) is 3.66. The first-order valence-electron chi connectivity index (χ1n) is 3.80. The van der Waals surface area contributed by atoms with Gasteiger partial charge in [0.1, 0.15) is 0 Å². The fourth-order valence-electron chi connectivity index (χ4n) is 1.07. The summed E-state index contributed by atoms with van der Waals surface area (Å²) in [7, 11) is 0. The zero-order chi connectivity index (χ0) is 11.6. The maximum absolute atomic E-state index is 12.4. The molecule has 0 aliphatic heterocycles. The van der Waals surface area contributed by atoms with E-state index in [-0.39, 0.29) is 14.7 Å². The molecule has 0 unspecified atom stereocenters. The molecule has 2 nitrogen and oxygen atoms in total. The lowest BCUT2D eigenvalue weighted by Crippen LogP contribution is -2.09. The minimum absolute atomic E-state index is 0.00904. The molecule has 80 valence electrons. The Morgan fingerprint density at radius 2 is 2.00 bits per heavy atom. The Labute approximate surface area is 97.5 Å². The third-order valence-corrected chi connectivity index (χ3v) is 2.68. The monoisotopic (exact) mass is 327 g/mol. The molecule has 1 N–H and O–H groups in total. The van der Waals surface area contributed by atoms with E-state index in [1.54, 1.807) is 6.07 Å². The maximum atomic E-state index is 12.4. The smallest absolute Gasteiger partial charge is 0.392 e. The zero-order valence-corrected chi connectivity index (χ0v) is 9.43. The molecule has 0 amide bonds. The highest BCUT2D eigenvalue weighted by Crippen LogP contribution is 2.34. The van der Waals surface area contributed by atoms with Gasteiger partial charge in [0, 0.05) is 3.57 Å². The van der Waals surface area contributed by atoms with E-state index >= 15 is 0 Å². The van der Waals surface area contributed by atoms with E-state index < -0.39 is 18.3 Å². The number of hydrogen-bond acceptors (Lipinski definition) is 2. The number of rotatable bonds is 1. The van der Waals surface area contributed by atoms with Crippen LogP contribution in [0.3, 0.4) is 0 Å². The van der Waals surface area contributed by atoms with Crippen molar-refractivity contribution in [3.8, 4) is 6.07 Å². The lowest BCUT2D eigenvalue weighted by molar-refractivity contribution is -0.138. The predicted octanol–water partition coefficient (Wildman–Crippen LogP) is 2.67. The standard InChI is InChI=1S/C9H5F3INO/c10-9(11,12)7-1-6(4-15)5(3-14)2-8(7)13/h1-2,15H,4H2. The van der Waals surface area contributed by atoms with Gasteiger partial charge in [0.25, 0.3) is 0 Å². The summed E-state index contributed by atoms with van der Waals surface area (Å²) in [6.45, 7) is -0.580. The SMILES string of the molecule is N#Cc1cc(I)c(C(F)(F)F)cc1CO. The molecule has 0 aliphatic carbocycles. The van der Waals surface area contributed by atoms with Crippen molar-refractivity contribution in [1.82, 2.24) is 0 Å². The third-order valence-electron chi connectivity index (χ3n) is 1.79. The van der Waals surface area contributed by atoms with Gasteiger partial charge in [-0.25, -0.2) is 0 Å². The fraction of sp³-hybridized carbons (Fsp3) is 0.222. The fourth-order valence-corrected chi connectivity index (χ4v) is 1.84. The summed E-state index contributed by atoms with van der Waals surface area (Å²) in [5, 5.41) is 17.4. The largest absolute Gasteiger partial charge is 0.417 e. The van der Waals surface area contributed by atoms with E-state index in [1.807, 2.05) is 0 Å². The van der Waals surface area contributed by atoms with Gasteiger partial charge in [-0.3, -0.25) is 0 Å². The Hall–Kier alpha value is -0.810. The molecule has 0 aromatic heterocycles. The average molecular weight is 327 g/mol. The molecule has 0 saturated carbocycles. The van der Waals surface area contributed by atoms with Crippen LogP contribution in [0.1, 0.15) is 16.7 Å². The van der Waals surface area contributed by atoms with Crippen molar-refractivity contribution in [2.75, 3.05) is 0 Å². The number of nitriles is 1. The highest BCUT2D eigenvalue weighted by molar-refractivity contribution is 14.1. The van der Waals surface area contributed by atoms with Crippen molar-refractivity contribution in [1.29, 1.82) is 5.26 Å². The van der Waals surface area contributed by atoms with Gasteiger partial charge < -0.3 is 5.11 Å². The second-order valence-corrected chi connectivity index (χ2v) is 3.92. The molecule has 0 fully saturated rings. The molecule has 0 bridgehead atoms. The molecule has 1 aromatic rings. The maximum Gasteiger partial charge on any atom is 0.417 e. The first-order valence-corrected chi connectivity index (χ1v) is 4.88. The molecule has 0 atom stereocenters. The Morgan fingerprint density at radius 3 is 2.40 bits per heavy atom. The average Bonchev–Trinajstić information content (AvgIpc) is 2.15. The van der Waals surface area contributed by atoms with Crippen LogP contribution in [-0.2, 0) is 12.8 Å². The Balaban J connectivity index is 3.41. The number of aliphatic hydroxyl groups excluding tert-OH is 1. The van der Waals surface area contributed by atoms with Crippen LogP contribution in [-0.4, -0.2) is 5.11 Å². The molecule has 15 heavy (non-hydrogen) atoms. The van der Waals surface area contributed by atoms with Crippen LogP contribution < -0.4 is 0 Å². The van der Waals surface area contributed by atoms with E-state index in [2.05, 4.69) is 0 Å². The molecule has 1 rings (SSSR count). The highest BCUT2D eigenvalue weighted by Gasteiger charge is 2.33. The van der Waals surface area contributed by atoms with Crippen molar-refractivity contribution in [3.05, 3.63) is 32.4 Å². The second kappa shape index (κ2) is 4.37. The van der Waals surface area contributed by atoms with Crippen molar-refractivity contribution >= 4 is 22.6 Å². The minimum Gasteiger partial charge on any atom is -0.392 e. The second-order valence-electron chi connectivity index (χ2n) is 2.76. The molecular weight excluding hydrogens is 322 g/mol. The van der Waals surface area contributed by atoms with Gasteiger partial charge in [0.2, 0.25) is 0 Å². The lowest BCUT2D eigenvalue weighted by atomic mass is 10.1. The first kappa shape index (κ1) is 12.3. The van der Waals surface area contributed by atoms with Crippen LogP contribution in [0, 0.1) is 14.9 Å². The highest BCUT2D eigenvalue weighted by atomic mass is 127. The van der Waals surface area contributed by atoms with Gasteiger partial charge in [-0.1, -0.05) is 0 Å². The molecule has 0 saturated heterocycles. The molecular formula is C9H5F3INO. The van der Waals surface area contributed by atoms with Crippen molar-refractivity contribution in [2.45, 2.75) is 12.8 Å². The summed E-state index contributed by atoms with van der Waals surface area (Å²) < 4.78 is 37.2. The van der Waals surface area contributed by atoms with E-state index in [9.17, 15) is 13.2 Å². The topological polar surface area (TPSA) is 44.0 Å². The number of alkyl halides is 3. The Morgan fingerprint density at radius 1 is 1.40 bits per heavy atom. The minimum atomic E-state index is -4.46. The van der Waals surface area contributed by atoms with Crippen LogP contribution in [0.2, 0.25) is 0 Å². The van der Waals surface area contributed by atoms with Crippen LogP contribution in [0.5, 0.6) is 0 Å². The Bertz CT molecular complexity index is 423. The van der Waals surface area contributed by atoms with Crippen molar-refractivity contribution < 1.29 is 18.3 Å². The molecule has 0 aliphatic rings. The third kappa shape index (κ3) is 2.60. The number of aliphatic hydroxyl groups is 1. The first-order chi connectivity index (χ1) is 6.90. The zero-order valence-electron chi connectivity index (χ0n) is 7.27. The van der Waals surface area contributed by atoms with Gasteiger partial charge in [0.15, 0.2) is 0 Å². The number of halogens is 4. The molecule has 1 aromatic carbocycles. The summed E-state index contributed by atoms with van der Waals surface area (Å²) in [6.07, 6.45) is -4.46.